The molecule has 8 heteroatoms. The molecule has 1 aromatic heterocycles. The number of carbonyl (C=O) groups excluding carboxylic acids is 1. The predicted molar refractivity (Wildman–Crippen MR) is 84.2 cm³/mol. The van der Waals surface area contributed by atoms with E-state index >= 15 is 0 Å². The Labute approximate surface area is 136 Å². The summed E-state index contributed by atoms with van der Waals surface area (Å²) in [5.74, 6) is -1.85. The molecular weight excluding hydrogens is 324 g/mol. The third-order valence-corrected chi connectivity index (χ3v) is 3.18. The van der Waals surface area contributed by atoms with Gasteiger partial charge >= 0.3 is 5.97 Å². The van der Waals surface area contributed by atoms with Crippen molar-refractivity contribution in [3.63, 3.8) is 0 Å². The quantitative estimate of drug-likeness (QED) is 0.721. The Balaban J connectivity index is 2.45. The SMILES string of the molecule is CC(C)Oc1ccc2c(O)c(C(=O)NCC(=O)O)nc(Cl)c2c1. The molecule has 2 aromatic rings. The molecule has 3 N–H and O–H groups in total. The zero-order valence-electron chi connectivity index (χ0n) is 12.5. The van der Waals surface area contributed by atoms with E-state index in [-0.39, 0.29) is 22.7 Å². The minimum Gasteiger partial charge on any atom is -0.505 e. The number of carbonyl (C=O) groups is 2. The van der Waals surface area contributed by atoms with E-state index in [2.05, 4.69) is 10.3 Å². The number of fused-ring (bicyclic) bond motifs is 1. The molecule has 0 unspecified atom stereocenters. The van der Waals surface area contributed by atoms with E-state index in [0.29, 0.717) is 16.5 Å². The van der Waals surface area contributed by atoms with Crippen molar-refractivity contribution in [3.8, 4) is 11.5 Å². The number of ether oxygens (including phenoxy) is 1. The summed E-state index contributed by atoms with van der Waals surface area (Å²) < 4.78 is 5.55. The number of aliphatic carboxylic acids is 1. The second-order valence-electron chi connectivity index (χ2n) is 5.05. The van der Waals surface area contributed by atoms with Crippen LogP contribution in [0.15, 0.2) is 18.2 Å². The number of amides is 1. The zero-order chi connectivity index (χ0) is 17.1. The summed E-state index contributed by atoms with van der Waals surface area (Å²) in [4.78, 5) is 26.2. The van der Waals surface area contributed by atoms with Crippen LogP contribution in [0.5, 0.6) is 11.5 Å². The van der Waals surface area contributed by atoms with Gasteiger partial charge in [-0.15, -0.1) is 0 Å². The predicted octanol–water partition coefficient (Wildman–Crippen LogP) is 2.20. The minimum atomic E-state index is -1.21. The molecule has 23 heavy (non-hydrogen) atoms. The van der Waals surface area contributed by atoms with Crippen LogP contribution in [0.2, 0.25) is 5.15 Å². The monoisotopic (exact) mass is 338 g/mol. The van der Waals surface area contributed by atoms with Crippen molar-refractivity contribution in [2.45, 2.75) is 20.0 Å². The summed E-state index contributed by atoms with van der Waals surface area (Å²) in [5, 5.41) is 21.7. The number of aromatic hydroxyl groups is 1. The lowest BCUT2D eigenvalue weighted by molar-refractivity contribution is -0.135. The van der Waals surface area contributed by atoms with E-state index in [0.717, 1.165) is 0 Å². The Bertz CT molecular complexity index is 776. The third-order valence-electron chi connectivity index (χ3n) is 2.89. The molecule has 0 spiro atoms. The molecule has 0 bridgehead atoms. The first-order valence-electron chi connectivity index (χ1n) is 6.78. The fraction of sp³-hybridized carbons (Fsp3) is 0.267. The number of rotatable bonds is 5. The van der Waals surface area contributed by atoms with Crippen molar-refractivity contribution >= 4 is 34.2 Å². The van der Waals surface area contributed by atoms with Crippen LogP contribution in [-0.2, 0) is 4.79 Å². The summed E-state index contributed by atoms with van der Waals surface area (Å²) in [7, 11) is 0. The summed E-state index contributed by atoms with van der Waals surface area (Å²) >= 11 is 6.08. The van der Waals surface area contributed by atoms with Gasteiger partial charge in [0.25, 0.3) is 5.91 Å². The average Bonchev–Trinajstić information content (AvgIpc) is 2.47. The second kappa shape index (κ2) is 6.70. The van der Waals surface area contributed by atoms with Crippen molar-refractivity contribution in [1.29, 1.82) is 0 Å². The number of halogens is 1. The number of hydrogen-bond acceptors (Lipinski definition) is 5. The molecule has 1 amide bonds. The summed E-state index contributed by atoms with van der Waals surface area (Å²) in [6.07, 6.45) is -0.0335. The van der Waals surface area contributed by atoms with Crippen LogP contribution in [-0.4, -0.2) is 39.7 Å². The van der Waals surface area contributed by atoms with Gasteiger partial charge in [-0.3, -0.25) is 9.59 Å². The number of hydrogen-bond donors (Lipinski definition) is 3. The molecule has 0 radical (unpaired) electrons. The number of carboxylic acid groups (broad SMARTS) is 1. The Morgan fingerprint density at radius 1 is 1.35 bits per heavy atom. The molecular formula is C15H15ClN2O5. The van der Waals surface area contributed by atoms with Gasteiger partial charge in [0.15, 0.2) is 11.4 Å². The van der Waals surface area contributed by atoms with E-state index in [9.17, 15) is 14.7 Å². The topological polar surface area (TPSA) is 109 Å². The van der Waals surface area contributed by atoms with Crippen LogP contribution in [0, 0.1) is 0 Å². The van der Waals surface area contributed by atoms with E-state index in [1.54, 1.807) is 18.2 Å². The lowest BCUT2D eigenvalue weighted by Crippen LogP contribution is -2.30. The highest BCUT2D eigenvalue weighted by atomic mass is 35.5. The number of nitrogens with zero attached hydrogens (tertiary/aromatic N) is 1. The fourth-order valence-corrected chi connectivity index (χ4v) is 2.22. The van der Waals surface area contributed by atoms with Crippen molar-refractivity contribution in [2.75, 3.05) is 6.54 Å². The van der Waals surface area contributed by atoms with Gasteiger partial charge in [-0.05, 0) is 32.0 Å². The molecule has 7 nitrogen and oxygen atoms in total. The van der Waals surface area contributed by atoms with Crippen LogP contribution in [0.3, 0.4) is 0 Å². The summed E-state index contributed by atoms with van der Waals surface area (Å²) in [6.45, 7) is 3.16. The van der Waals surface area contributed by atoms with Crippen molar-refractivity contribution in [1.82, 2.24) is 10.3 Å². The maximum absolute atomic E-state index is 11.9. The van der Waals surface area contributed by atoms with Gasteiger partial charge in [0.1, 0.15) is 17.4 Å². The molecule has 1 aromatic carbocycles. The van der Waals surface area contributed by atoms with Gasteiger partial charge in [0.2, 0.25) is 0 Å². The van der Waals surface area contributed by atoms with Gasteiger partial charge in [-0.25, -0.2) is 4.98 Å². The Morgan fingerprint density at radius 3 is 2.65 bits per heavy atom. The normalized spacial score (nSPS) is 10.8. The van der Waals surface area contributed by atoms with E-state index in [4.69, 9.17) is 21.4 Å². The van der Waals surface area contributed by atoms with Gasteiger partial charge < -0.3 is 20.3 Å². The molecule has 122 valence electrons. The van der Waals surface area contributed by atoms with Gasteiger partial charge in [0, 0.05) is 10.8 Å². The van der Waals surface area contributed by atoms with Crippen LogP contribution in [0.25, 0.3) is 10.8 Å². The first kappa shape index (κ1) is 16.8. The van der Waals surface area contributed by atoms with Crippen LogP contribution < -0.4 is 10.1 Å². The first-order chi connectivity index (χ1) is 10.8. The summed E-state index contributed by atoms with van der Waals surface area (Å²) in [6, 6.07) is 4.81. The van der Waals surface area contributed by atoms with E-state index in [1.165, 1.54) is 0 Å². The third kappa shape index (κ3) is 3.81. The average molecular weight is 339 g/mol. The Morgan fingerprint density at radius 2 is 2.04 bits per heavy atom. The van der Waals surface area contributed by atoms with Gasteiger partial charge in [0.05, 0.1) is 6.10 Å². The van der Waals surface area contributed by atoms with Crippen LogP contribution in [0.4, 0.5) is 0 Å². The maximum Gasteiger partial charge on any atom is 0.322 e. The van der Waals surface area contributed by atoms with Crippen LogP contribution >= 0.6 is 11.6 Å². The molecule has 0 aliphatic carbocycles. The van der Waals surface area contributed by atoms with Crippen molar-refractivity contribution in [3.05, 3.63) is 29.0 Å². The molecule has 0 saturated carbocycles. The molecule has 1 heterocycles. The van der Waals surface area contributed by atoms with E-state index < -0.39 is 18.4 Å². The number of benzene rings is 1. The molecule has 0 saturated heterocycles. The maximum atomic E-state index is 11.9. The smallest absolute Gasteiger partial charge is 0.322 e. The number of pyridine rings is 1. The van der Waals surface area contributed by atoms with Gasteiger partial charge in [-0.1, -0.05) is 11.6 Å². The van der Waals surface area contributed by atoms with E-state index in [1.807, 2.05) is 13.8 Å². The van der Waals surface area contributed by atoms with Crippen LogP contribution in [0.1, 0.15) is 24.3 Å². The minimum absolute atomic E-state index is 0.00693. The fourth-order valence-electron chi connectivity index (χ4n) is 1.98. The highest BCUT2D eigenvalue weighted by molar-refractivity contribution is 6.35. The lowest BCUT2D eigenvalue weighted by Gasteiger charge is -2.12. The molecule has 0 atom stereocenters. The summed E-state index contributed by atoms with van der Waals surface area (Å²) in [5.41, 5.74) is -0.332. The first-order valence-corrected chi connectivity index (χ1v) is 7.16. The Hall–Kier alpha value is -2.54. The number of carboxylic acids is 1. The standard InChI is InChI=1S/C15H15ClN2O5/c1-7(2)23-8-3-4-9-10(5-8)14(16)18-12(13(9)21)15(22)17-6-11(19)20/h3-5,7,21H,6H2,1-2H3,(H,17,22)(H,19,20). The second-order valence-corrected chi connectivity index (χ2v) is 5.41. The number of nitrogens with one attached hydrogen (secondary N) is 1. The highest BCUT2D eigenvalue weighted by Gasteiger charge is 2.19. The Kier molecular flexibility index (Phi) is 4.90. The molecule has 2 rings (SSSR count). The van der Waals surface area contributed by atoms with Crippen molar-refractivity contribution in [2.24, 2.45) is 0 Å². The molecule has 0 aliphatic heterocycles. The largest absolute Gasteiger partial charge is 0.505 e. The van der Waals surface area contributed by atoms with Crippen molar-refractivity contribution < 1.29 is 24.5 Å². The zero-order valence-corrected chi connectivity index (χ0v) is 13.2. The lowest BCUT2D eigenvalue weighted by atomic mass is 10.1. The van der Waals surface area contributed by atoms with Gasteiger partial charge in [-0.2, -0.15) is 0 Å². The molecule has 0 aliphatic rings. The highest BCUT2D eigenvalue weighted by Crippen LogP contribution is 2.34. The molecule has 0 fully saturated rings. The number of aromatic nitrogens is 1.